The number of pyridine rings is 1. The fourth-order valence-electron chi connectivity index (χ4n) is 3.05. The summed E-state index contributed by atoms with van der Waals surface area (Å²) in [5.41, 5.74) is 1.83. The van der Waals surface area contributed by atoms with Crippen molar-refractivity contribution in [3.8, 4) is 0 Å². The van der Waals surface area contributed by atoms with Crippen LogP contribution in [0.3, 0.4) is 0 Å². The molecule has 1 heterocycles. The summed E-state index contributed by atoms with van der Waals surface area (Å²) in [5, 5.41) is 6.52. The van der Waals surface area contributed by atoms with E-state index in [2.05, 4.69) is 15.6 Å². The lowest BCUT2D eigenvalue weighted by molar-refractivity contribution is -0.137. The zero-order valence-electron chi connectivity index (χ0n) is 15.6. The van der Waals surface area contributed by atoms with Gasteiger partial charge in [0.05, 0.1) is 11.1 Å². The van der Waals surface area contributed by atoms with Crippen LogP contribution in [0.5, 0.6) is 0 Å². The molecular formula is C23H16F3N3O. The van der Waals surface area contributed by atoms with Crippen molar-refractivity contribution in [3.05, 3.63) is 96.2 Å². The Labute approximate surface area is 170 Å². The summed E-state index contributed by atoms with van der Waals surface area (Å²) < 4.78 is 38.9. The van der Waals surface area contributed by atoms with Crippen molar-refractivity contribution in [2.45, 2.75) is 6.18 Å². The number of aromatic nitrogens is 1. The molecule has 1 amide bonds. The van der Waals surface area contributed by atoms with Gasteiger partial charge in [0.2, 0.25) is 0 Å². The first-order valence-corrected chi connectivity index (χ1v) is 9.09. The van der Waals surface area contributed by atoms with Gasteiger partial charge in [-0.2, -0.15) is 13.2 Å². The van der Waals surface area contributed by atoms with E-state index in [4.69, 9.17) is 0 Å². The highest BCUT2D eigenvalue weighted by molar-refractivity contribution is 6.05. The van der Waals surface area contributed by atoms with Crippen molar-refractivity contribution in [2.24, 2.45) is 0 Å². The molecule has 0 unspecified atom stereocenters. The predicted molar refractivity (Wildman–Crippen MR) is 111 cm³/mol. The van der Waals surface area contributed by atoms with Gasteiger partial charge in [-0.15, -0.1) is 0 Å². The molecule has 0 aliphatic heterocycles. The minimum Gasteiger partial charge on any atom is -0.355 e. The maximum atomic E-state index is 13.0. The third-order valence-electron chi connectivity index (χ3n) is 4.51. The summed E-state index contributed by atoms with van der Waals surface area (Å²) >= 11 is 0. The van der Waals surface area contributed by atoms with Crippen molar-refractivity contribution in [3.63, 3.8) is 0 Å². The first kappa shape index (κ1) is 19.4. The SMILES string of the molecule is O=C(Nc1ccccc1)c1cccc(Nc2ccnc3cc(C(F)(F)F)ccc23)c1. The largest absolute Gasteiger partial charge is 0.416 e. The van der Waals surface area contributed by atoms with Gasteiger partial charge in [-0.05, 0) is 48.5 Å². The fraction of sp³-hybridized carbons (Fsp3) is 0.0435. The summed E-state index contributed by atoms with van der Waals surface area (Å²) in [6.45, 7) is 0. The summed E-state index contributed by atoms with van der Waals surface area (Å²) in [4.78, 5) is 16.6. The number of para-hydroxylation sites is 1. The number of hydrogen-bond acceptors (Lipinski definition) is 3. The average molecular weight is 407 g/mol. The van der Waals surface area contributed by atoms with E-state index in [1.165, 1.54) is 12.3 Å². The molecule has 0 fully saturated rings. The Morgan fingerprint density at radius 2 is 1.60 bits per heavy atom. The van der Waals surface area contributed by atoms with Crippen molar-refractivity contribution in [1.82, 2.24) is 4.98 Å². The van der Waals surface area contributed by atoms with E-state index in [1.807, 2.05) is 18.2 Å². The van der Waals surface area contributed by atoms with Crippen LogP contribution >= 0.6 is 0 Å². The molecule has 0 spiro atoms. The molecule has 0 aliphatic rings. The number of carbonyl (C=O) groups excluding carboxylic acids is 1. The van der Waals surface area contributed by atoms with Gasteiger partial charge < -0.3 is 10.6 Å². The van der Waals surface area contributed by atoms with Crippen LogP contribution in [0, 0.1) is 0 Å². The van der Waals surface area contributed by atoms with Crippen LogP contribution in [0.1, 0.15) is 15.9 Å². The number of rotatable bonds is 4. The van der Waals surface area contributed by atoms with Gasteiger partial charge in [0.25, 0.3) is 5.91 Å². The van der Waals surface area contributed by atoms with Crippen LogP contribution in [0.4, 0.5) is 30.2 Å². The van der Waals surface area contributed by atoms with Gasteiger partial charge in [0.15, 0.2) is 0 Å². The van der Waals surface area contributed by atoms with E-state index in [0.717, 1.165) is 12.1 Å². The van der Waals surface area contributed by atoms with E-state index >= 15 is 0 Å². The Balaban J connectivity index is 1.59. The third kappa shape index (κ3) is 4.25. The van der Waals surface area contributed by atoms with Gasteiger partial charge >= 0.3 is 6.18 Å². The normalized spacial score (nSPS) is 11.3. The maximum absolute atomic E-state index is 13.0. The molecule has 3 aromatic carbocycles. The quantitative estimate of drug-likeness (QED) is 0.420. The van der Waals surface area contributed by atoms with Gasteiger partial charge in [-0.25, -0.2) is 0 Å². The molecule has 30 heavy (non-hydrogen) atoms. The smallest absolute Gasteiger partial charge is 0.355 e. The maximum Gasteiger partial charge on any atom is 0.416 e. The molecule has 0 saturated carbocycles. The molecule has 0 aliphatic carbocycles. The minimum atomic E-state index is -4.43. The van der Waals surface area contributed by atoms with Gasteiger partial charge in [0.1, 0.15) is 0 Å². The number of benzene rings is 3. The Kier molecular flexibility index (Phi) is 5.10. The van der Waals surface area contributed by atoms with Crippen LogP contribution < -0.4 is 10.6 Å². The zero-order valence-corrected chi connectivity index (χ0v) is 15.6. The second kappa shape index (κ2) is 7.87. The average Bonchev–Trinajstić information content (AvgIpc) is 2.74. The van der Waals surface area contributed by atoms with E-state index < -0.39 is 11.7 Å². The van der Waals surface area contributed by atoms with Crippen LogP contribution in [-0.2, 0) is 6.18 Å². The van der Waals surface area contributed by atoms with Crippen LogP contribution in [0.15, 0.2) is 85.1 Å². The number of halogens is 3. The Hall–Kier alpha value is -3.87. The predicted octanol–water partition coefficient (Wildman–Crippen LogP) is 6.25. The molecule has 150 valence electrons. The molecule has 0 atom stereocenters. The van der Waals surface area contributed by atoms with Crippen molar-refractivity contribution < 1.29 is 18.0 Å². The molecule has 4 rings (SSSR count). The highest BCUT2D eigenvalue weighted by Gasteiger charge is 2.30. The van der Waals surface area contributed by atoms with E-state index in [0.29, 0.717) is 28.0 Å². The number of hydrogen-bond donors (Lipinski definition) is 2. The van der Waals surface area contributed by atoms with Gasteiger partial charge in [-0.3, -0.25) is 9.78 Å². The zero-order chi connectivity index (χ0) is 21.1. The number of amides is 1. The highest BCUT2D eigenvalue weighted by atomic mass is 19.4. The van der Waals surface area contributed by atoms with E-state index in [1.54, 1.807) is 42.5 Å². The van der Waals surface area contributed by atoms with E-state index in [9.17, 15) is 18.0 Å². The molecule has 4 nitrogen and oxygen atoms in total. The Bertz CT molecular complexity index is 1210. The number of fused-ring (bicyclic) bond motifs is 1. The fourth-order valence-corrected chi connectivity index (χ4v) is 3.05. The van der Waals surface area contributed by atoms with Crippen molar-refractivity contribution in [1.29, 1.82) is 0 Å². The molecular weight excluding hydrogens is 391 g/mol. The molecule has 4 aromatic rings. The molecule has 0 bridgehead atoms. The Morgan fingerprint density at radius 1 is 0.833 bits per heavy atom. The molecule has 0 radical (unpaired) electrons. The number of nitrogens with zero attached hydrogens (tertiary/aromatic N) is 1. The van der Waals surface area contributed by atoms with Gasteiger partial charge in [-0.1, -0.05) is 30.3 Å². The van der Waals surface area contributed by atoms with Crippen LogP contribution in [0.25, 0.3) is 10.9 Å². The first-order valence-electron chi connectivity index (χ1n) is 9.09. The van der Waals surface area contributed by atoms with Crippen LogP contribution in [-0.4, -0.2) is 10.9 Å². The van der Waals surface area contributed by atoms with Crippen molar-refractivity contribution >= 4 is 33.9 Å². The summed E-state index contributed by atoms with van der Waals surface area (Å²) in [6.07, 6.45) is -2.99. The monoisotopic (exact) mass is 407 g/mol. The lowest BCUT2D eigenvalue weighted by atomic mass is 10.1. The Morgan fingerprint density at radius 3 is 2.37 bits per heavy atom. The first-order chi connectivity index (χ1) is 14.4. The number of carbonyl (C=O) groups is 1. The number of anilines is 3. The molecule has 1 aromatic heterocycles. The number of alkyl halides is 3. The highest BCUT2D eigenvalue weighted by Crippen LogP contribution is 2.33. The van der Waals surface area contributed by atoms with Crippen molar-refractivity contribution in [2.75, 3.05) is 10.6 Å². The second-order valence-corrected chi connectivity index (χ2v) is 6.61. The summed E-state index contributed by atoms with van der Waals surface area (Å²) in [7, 11) is 0. The topological polar surface area (TPSA) is 54.0 Å². The minimum absolute atomic E-state index is 0.229. The van der Waals surface area contributed by atoms with E-state index in [-0.39, 0.29) is 11.4 Å². The van der Waals surface area contributed by atoms with Gasteiger partial charge in [0, 0.05) is 34.2 Å². The summed E-state index contributed by atoms with van der Waals surface area (Å²) in [5.74, 6) is -0.265. The lowest BCUT2D eigenvalue weighted by Gasteiger charge is -2.12. The number of nitrogens with one attached hydrogen (secondary N) is 2. The molecule has 7 heteroatoms. The lowest BCUT2D eigenvalue weighted by Crippen LogP contribution is -2.11. The molecule has 0 saturated heterocycles. The summed E-state index contributed by atoms with van der Waals surface area (Å²) in [6, 6.07) is 21.1. The second-order valence-electron chi connectivity index (χ2n) is 6.61. The molecule has 2 N–H and O–H groups in total. The van der Waals surface area contributed by atoms with Crippen LogP contribution in [0.2, 0.25) is 0 Å². The standard InChI is InChI=1S/C23H16F3N3O/c24-23(25,26)16-9-10-19-20(11-12-27-21(19)14-16)28-18-8-4-5-15(13-18)22(30)29-17-6-2-1-3-7-17/h1-14H,(H,27,28)(H,29,30). The third-order valence-corrected chi connectivity index (χ3v) is 4.51.